The van der Waals surface area contributed by atoms with Crippen LogP contribution in [0.15, 0.2) is 0 Å². The Bertz CT molecular complexity index is 498. The predicted octanol–water partition coefficient (Wildman–Crippen LogP) is 2.53. The smallest absolute Gasteiger partial charge is 0.324 e. The molecule has 1 N–H and O–H groups in total. The number of likely N-dealkylation sites (tertiary alicyclic amines) is 1. The number of amides is 4. The highest BCUT2D eigenvalue weighted by Gasteiger charge is 2.37. The van der Waals surface area contributed by atoms with Gasteiger partial charge in [0.2, 0.25) is 11.8 Å². The molecule has 3 aliphatic rings. The van der Waals surface area contributed by atoms with Gasteiger partial charge in [0.25, 0.3) is 0 Å². The third kappa shape index (κ3) is 4.53. The molecule has 0 aromatic heterocycles. The summed E-state index contributed by atoms with van der Waals surface area (Å²) in [5, 5.41) is 3.03. The lowest BCUT2D eigenvalue weighted by Gasteiger charge is -2.35. The highest BCUT2D eigenvalue weighted by atomic mass is 16.2. The van der Waals surface area contributed by atoms with Crippen LogP contribution in [0.2, 0.25) is 0 Å². The van der Waals surface area contributed by atoms with Crippen LogP contribution in [0.4, 0.5) is 4.79 Å². The van der Waals surface area contributed by atoms with Crippen molar-refractivity contribution in [3.63, 3.8) is 0 Å². The van der Waals surface area contributed by atoms with Crippen LogP contribution in [-0.4, -0.2) is 53.3 Å². The normalized spacial score (nSPS) is 28.6. The van der Waals surface area contributed by atoms with E-state index < -0.39 is 0 Å². The van der Waals surface area contributed by atoms with Crippen LogP contribution in [0.5, 0.6) is 0 Å². The molecule has 2 heterocycles. The summed E-state index contributed by atoms with van der Waals surface area (Å²) in [6.07, 6.45) is 9.02. The molecule has 4 amide bonds. The van der Waals surface area contributed by atoms with E-state index in [0.717, 1.165) is 19.4 Å². The number of carbonyl (C=O) groups excluding carboxylic acids is 3. The van der Waals surface area contributed by atoms with Crippen molar-refractivity contribution in [2.24, 2.45) is 11.8 Å². The standard InChI is InChI=1S/C19H31N3O3/c1-2-8-21-12-15(10-17(21)23)13-22-18(24)11-16(20-19(22)25)9-14-6-4-3-5-7-14/h14-16H,2-13H2,1H3,(H,20,25)/t15?,16-/m1/s1. The lowest BCUT2D eigenvalue weighted by atomic mass is 9.84. The number of nitrogens with zero attached hydrogens (tertiary/aromatic N) is 2. The molecular formula is C19H31N3O3. The second kappa shape index (κ2) is 8.19. The van der Waals surface area contributed by atoms with Gasteiger partial charge in [-0.3, -0.25) is 14.5 Å². The lowest BCUT2D eigenvalue weighted by molar-refractivity contribution is -0.131. The van der Waals surface area contributed by atoms with E-state index in [0.29, 0.717) is 31.8 Å². The minimum absolute atomic E-state index is 0.0128. The van der Waals surface area contributed by atoms with Gasteiger partial charge in [-0.1, -0.05) is 39.0 Å². The van der Waals surface area contributed by atoms with E-state index in [1.165, 1.54) is 37.0 Å². The monoisotopic (exact) mass is 349 g/mol. The van der Waals surface area contributed by atoms with Gasteiger partial charge in [-0.2, -0.15) is 0 Å². The average molecular weight is 349 g/mol. The quantitative estimate of drug-likeness (QED) is 0.801. The number of urea groups is 1. The molecule has 1 unspecified atom stereocenters. The molecule has 140 valence electrons. The Hall–Kier alpha value is -1.59. The molecule has 6 nitrogen and oxygen atoms in total. The summed E-state index contributed by atoms with van der Waals surface area (Å²) in [5.41, 5.74) is 0. The Morgan fingerprint density at radius 2 is 1.76 bits per heavy atom. The topological polar surface area (TPSA) is 69.7 Å². The van der Waals surface area contributed by atoms with Crippen LogP contribution in [0.1, 0.15) is 64.7 Å². The summed E-state index contributed by atoms with van der Waals surface area (Å²) in [7, 11) is 0. The molecule has 1 aliphatic carbocycles. The fourth-order valence-corrected chi connectivity index (χ4v) is 4.61. The van der Waals surface area contributed by atoms with Crippen LogP contribution in [0, 0.1) is 11.8 Å². The van der Waals surface area contributed by atoms with Crippen molar-refractivity contribution in [1.82, 2.24) is 15.1 Å². The minimum atomic E-state index is -0.265. The molecule has 2 aliphatic heterocycles. The largest absolute Gasteiger partial charge is 0.342 e. The molecule has 0 bridgehead atoms. The van der Waals surface area contributed by atoms with E-state index in [9.17, 15) is 14.4 Å². The molecule has 3 fully saturated rings. The molecule has 0 aromatic carbocycles. The fourth-order valence-electron chi connectivity index (χ4n) is 4.61. The first-order chi connectivity index (χ1) is 12.1. The number of rotatable bonds is 6. The van der Waals surface area contributed by atoms with Gasteiger partial charge in [0, 0.05) is 44.4 Å². The van der Waals surface area contributed by atoms with Gasteiger partial charge in [0.1, 0.15) is 0 Å². The Kier molecular flexibility index (Phi) is 5.97. The third-order valence-corrected chi connectivity index (χ3v) is 5.87. The van der Waals surface area contributed by atoms with E-state index in [-0.39, 0.29) is 29.8 Å². The van der Waals surface area contributed by atoms with E-state index in [4.69, 9.17) is 0 Å². The van der Waals surface area contributed by atoms with Crippen molar-refractivity contribution in [3.8, 4) is 0 Å². The van der Waals surface area contributed by atoms with Gasteiger partial charge in [0.05, 0.1) is 0 Å². The van der Waals surface area contributed by atoms with E-state index >= 15 is 0 Å². The number of hydrogen-bond donors (Lipinski definition) is 1. The van der Waals surface area contributed by atoms with Crippen LogP contribution >= 0.6 is 0 Å². The summed E-state index contributed by atoms with van der Waals surface area (Å²) >= 11 is 0. The van der Waals surface area contributed by atoms with Crippen molar-refractivity contribution in [1.29, 1.82) is 0 Å². The fraction of sp³-hybridized carbons (Fsp3) is 0.842. The summed E-state index contributed by atoms with van der Waals surface area (Å²) in [5.74, 6) is 0.787. The number of hydrogen-bond acceptors (Lipinski definition) is 3. The van der Waals surface area contributed by atoms with Crippen LogP contribution < -0.4 is 5.32 Å². The summed E-state index contributed by atoms with van der Waals surface area (Å²) in [6.45, 7) is 3.84. The van der Waals surface area contributed by atoms with Crippen molar-refractivity contribution in [3.05, 3.63) is 0 Å². The zero-order chi connectivity index (χ0) is 17.8. The molecule has 2 saturated heterocycles. The van der Waals surface area contributed by atoms with Crippen molar-refractivity contribution in [2.45, 2.75) is 70.8 Å². The van der Waals surface area contributed by atoms with E-state index in [1.54, 1.807) is 0 Å². The second-order valence-corrected chi connectivity index (χ2v) is 8.00. The van der Waals surface area contributed by atoms with Crippen molar-refractivity contribution in [2.75, 3.05) is 19.6 Å². The SMILES string of the molecule is CCCN1CC(CN2C(=O)C[C@@H](CC3CCCCC3)NC2=O)CC1=O. The van der Waals surface area contributed by atoms with Gasteiger partial charge >= 0.3 is 6.03 Å². The number of carbonyl (C=O) groups is 3. The van der Waals surface area contributed by atoms with E-state index in [1.807, 2.05) is 4.90 Å². The molecular weight excluding hydrogens is 318 g/mol. The van der Waals surface area contributed by atoms with Gasteiger partial charge in [-0.15, -0.1) is 0 Å². The molecule has 0 radical (unpaired) electrons. The average Bonchev–Trinajstić information content (AvgIpc) is 2.92. The first kappa shape index (κ1) is 18.2. The maximum Gasteiger partial charge on any atom is 0.324 e. The van der Waals surface area contributed by atoms with Gasteiger partial charge in [0.15, 0.2) is 0 Å². The van der Waals surface area contributed by atoms with Crippen LogP contribution in [0.25, 0.3) is 0 Å². The third-order valence-electron chi connectivity index (χ3n) is 5.87. The molecule has 25 heavy (non-hydrogen) atoms. The second-order valence-electron chi connectivity index (χ2n) is 8.00. The Morgan fingerprint density at radius 1 is 1.00 bits per heavy atom. The van der Waals surface area contributed by atoms with E-state index in [2.05, 4.69) is 12.2 Å². The van der Waals surface area contributed by atoms with Gasteiger partial charge in [-0.25, -0.2) is 4.79 Å². The Balaban J connectivity index is 1.50. The predicted molar refractivity (Wildman–Crippen MR) is 94.8 cm³/mol. The molecule has 1 saturated carbocycles. The maximum atomic E-state index is 12.5. The van der Waals surface area contributed by atoms with Gasteiger partial charge < -0.3 is 10.2 Å². The highest BCUT2D eigenvalue weighted by Crippen LogP contribution is 2.29. The summed E-state index contributed by atoms with van der Waals surface area (Å²) in [4.78, 5) is 40.1. The molecule has 0 aromatic rings. The zero-order valence-electron chi connectivity index (χ0n) is 15.3. The molecule has 2 atom stereocenters. The summed E-state index contributed by atoms with van der Waals surface area (Å²) in [6, 6.07) is -0.278. The van der Waals surface area contributed by atoms with Crippen LogP contribution in [-0.2, 0) is 9.59 Å². The Morgan fingerprint density at radius 3 is 2.44 bits per heavy atom. The Labute approximate surface area is 150 Å². The first-order valence-electron chi connectivity index (χ1n) is 9.95. The van der Waals surface area contributed by atoms with Crippen molar-refractivity contribution < 1.29 is 14.4 Å². The number of imide groups is 1. The molecule has 0 spiro atoms. The minimum Gasteiger partial charge on any atom is -0.342 e. The first-order valence-corrected chi connectivity index (χ1v) is 9.95. The van der Waals surface area contributed by atoms with Crippen LogP contribution in [0.3, 0.4) is 0 Å². The lowest BCUT2D eigenvalue weighted by Crippen LogP contribution is -2.56. The molecule has 6 heteroatoms. The number of nitrogens with one attached hydrogen (secondary N) is 1. The van der Waals surface area contributed by atoms with Gasteiger partial charge in [-0.05, 0) is 18.8 Å². The zero-order valence-corrected chi connectivity index (χ0v) is 15.3. The molecule has 3 rings (SSSR count). The van der Waals surface area contributed by atoms with Crippen molar-refractivity contribution >= 4 is 17.8 Å². The summed E-state index contributed by atoms with van der Waals surface area (Å²) < 4.78 is 0. The highest BCUT2D eigenvalue weighted by molar-refractivity contribution is 5.97. The maximum absolute atomic E-state index is 12.5.